The van der Waals surface area contributed by atoms with Gasteiger partial charge in [-0.1, -0.05) is 0 Å². The molecule has 0 saturated carbocycles. The largest absolute Gasteiger partial charge is 0.424 e. The number of benzene rings is 1. The SMILES string of the molecule is Cc1nnc(CN2CCN(S(=O)(=O)c3ccc(C(F)(F)F)cc3)CC2)o1. The maximum absolute atomic E-state index is 12.6. The summed E-state index contributed by atoms with van der Waals surface area (Å²) in [4.78, 5) is 1.83. The Hall–Kier alpha value is -1.98. The number of sulfonamides is 1. The van der Waals surface area contributed by atoms with E-state index in [0.29, 0.717) is 31.4 Å². The third-order valence-electron chi connectivity index (χ3n) is 4.08. The van der Waals surface area contributed by atoms with Gasteiger partial charge < -0.3 is 4.42 Å². The molecule has 0 atom stereocenters. The second-order valence-electron chi connectivity index (χ2n) is 5.92. The number of alkyl halides is 3. The van der Waals surface area contributed by atoms with Crippen LogP contribution in [-0.4, -0.2) is 54.0 Å². The quantitative estimate of drug-likeness (QED) is 0.794. The van der Waals surface area contributed by atoms with Gasteiger partial charge in [0.25, 0.3) is 0 Å². The third-order valence-corrected chi connectivity index (χ3v) is 5.99. The molecule has 0 unspecified atom stereocenters. The number of piperazine rings is 1. The molecule has 2 aromatic rings. The lowest BCUT2D eigenvalue weighted by molar-refractivity contribution is -0.137. The molecule has 1 saturated heterocycles. The molecular weight excluding hydrogens is 373 g/mol. The van der Waals surface area contributed by atoms with Crippen molar-refractivity contribution in [3.63, 3.8) is 0 Å². The lowest BCUT2D eigenvalue weighted by Gasteiger charge is -2.33. The van der Waals surface area contributed by atoms with E-state index in [2.05, 4.69) is 10.2 Å². The van der Waals surface area contributed by atoms with Crippen LogP contribution in [0.5, 0.6) is 0 Å². The van der Waals surface area contributed by atoms with Gasteiger partial charge in [0.05, 0.1) is 17.0 Å². The molecule has 2 heterocycles. The van der Waals surface area contributed by atoms with E-state index in [1.54, 1.807) is 6.92 Å². The zero-order chi connectivity index (χ0) is 18.9. The van der Waals surface area contributed by atoms with E-state index in [0.717, 1.165) is 24.3 Å². The van der Waals surface area contributed by atoms with Crippen molar-refractivity contribution in [2.24, 2.45) is 0 Å². The van der Waals surface area contributed by atoms with Crippen LogP contribution in [0.2, 0.25) is 0 Å². The number of nitrogens with zero attached hydrogens (tertiary/aromatic N) is 4. The lowest BCUT2D eigenvalue weighted by Crippen LogP contribution is -2.48. The topological polar surface area (TPSA) is 79.5 Å². The molecule has 142 valence electrons. The van der Waals surface area contributed by atoms with E-state index in [9.17, 15) is 21.6 Å². The van der Waals surface area contributed by atoms with E-state index in [-0.39, 0.29) is 18.0 Å². The Morgan fingerprint density at radius 3 is 2.19 bits per heavy atom. The van der Waals surface area contributed by atoms with E-state index in [1.165, 1.54) is 4.31 Å². The first-order valence-electron chi connectivity index (χ1n) is 7.85. The number of rotatable bonds is 4. The maximum Gasteiger partial charge on any atom is 0.416 e. The van der Waals surface area contributed by atoms with Crippen molar-refractivity contribution in [2.75, 3.05) is 26.2 Å². The summed E-state index contributed by atoms with van der Waals surface area (Å²) in [6.45, 7) is 3.50. The Morgan fingerprint density at radius 1 is 1.08 bits per heavy atom. The van der Waals surface area contributed by atoms with E-state index < -0.39 is 21.8 Å². The summed E-state index contributed by atoms with van der Waals surface area (Å²) in [7, 11) is -3.83. The van der Waals surface area contributed by atoms with Crippen LogP contribution in [0.1, 0.15) is 17.3 Å². The second kappa shape index (κ2) is 6.97. The molecule has 0 bridgehead atoms. The molecule has 0 N–H and O–H groups in total. The van der Waals surface area contributed by atoms with Gasteiger partial charge in [-0.25, -0.2) is 8.42 Å². The van der Waals surface area contributed by atoms with Crippen LogP contribution in [0.4, 0.5) is 13.2 Å². The molecule has 1 aliphatic heterocycles. The van der Waals surface area contributed by atoms with Gasteiger partial charge in [-0.2, -0.15) is 17.5 Å². The fourth-order valence-electron chi connectivity index (χ4n) is 2.69. The van der Waals surface area contributed by atoms with E-state index >= 15 is 0 Å². The maximum atomic E-state index is 12.6. The molecule has 1 aromatic heterocycles. The normalized spacial score (nSPS) is 17.5. The Bertz CT molecular complexity index is 857. The van der Waals surface area contributed by atoms with Gasteiger partial charge in [0.2, 0.25) is 21.8 Å². The smallest absolute Gasteiger partial charge is 0.416 e. The van der Waals surface area contributed by atoms with Crippen molar-refractivity contribution in [2.45, 2.75) is 24.5 Å². The summed E-state index contributed by atoms with van der Waals surface area (Å²) >= 11 is 0. The molecule has 1 aromatic carbocycles. The van der Waals surface area contributed by atoms with Gasteiger partial charge in [0.1, 0.15) is 0 Å². The highest BCUT2D eigenvalue weighted by molar-refractivity contribution is 7.89. The summed E-state index contributed by atoms with van der Waals surface area (Å²) in [5.41, 5.74) is -0.879. The molecule has 0 aliphatic carbocycles. The van der Waals surface area contributed by atoms with Crippen LogP contribution < -0.4 is 0 Å². The van der Waals surface area contributed by atoms with Crippen molar-refractivity contribution in [1.82, 2.24) is 19.4 Å². The third kappa shape index (κ3) is 4.05. The second-order valence-corrected chi connectivity index (χ2v) is 7.86. The summed E-state index contributed by atoms with van der Waals surface area (Å²) in [6.07, 6.45) is -4.50. The standard InChI is InChI=1S/C15H17F3N4O3S/c1-11-19-20-14(25-11)10-21-6-8-22(9-7-21)26(23,24)13-4-2-12(3-5-13)15(16,17)18/h2-5H,6-10H2,1H3. The van der Waals surface area contributed by atoms with Crippen LogP contribution in [0.25, 0.3) is 0 Å². The van der Waals surface area contributed by atoms with Gasteiger partial charge in [-0.05, 0) is 24.3 Å². The number of halogens is 3. The Morgan fingerprint density at radius 2 is 1.69 bits per heavy atom. The molecule has 0 spiro atoms. The first kappa shape index (κ1) is 18.8. The first-order chi connectivity index (χ1) is 12.2. The molecule has 0 radical (unpaired) electrons. The number of hydrogen-bond acceptors (Lipinski definition) is 6. The summed E-state index contributed by atoms with van der Waals surface area (Å²) < 4.78 is 69.6. The van der Waals surface area contributed by atoms with Crippen LogP contribution in [0, 0.1) is 6.92 Å². The number of aryl methyl sites for hydroxylation is 1. The molecule has 11 heteroatoms. The van der Waals surface area contributed by atoms with Crippen molar-refractivity contribution < 1.29 is 26.0 Å². The highest BCUT2D eigenvalue weighted by Crippen LogP contribution is 2.30. The molecule has 3 rings (SSSR count). The minimum atomic E-state index is -4.50. The van der Waals surface area contributed by atoms with Gasteiger partial charge in [-0.3, -0.25) is 4.90 Å². The van der Waals surface area contributed by atoms with Gasteiger partial charge in [-0.15, -0.1) is 10.2 Å². The van der Waals surface area contributed by atoms with Crippen molar-refractivity contribution in [3.05, 3.63) is 41.6 Å². The molecule has 0 amide bonds. The highest BCUT2D eigenvalue weighted by atomic mass is 32.2. The average molecular weight is 390 g/mol. The molecule has 26 heavy (non-hydrogen) atoms. The fraction of sp³-hybridized carbons (Fsp3) is 0.467. The monoisotopic (exact) mass is 390 g/mol. The van der Waals surface area contributed by atoms with Crippen LogP contribution in [0.15, 0.2) is 33.6 Å². The van der Waals surface area contributed by atoms with E-state index in [4.69, 9.17) is 4.42 Å². The van der Waals surface area contributed by atoms with Crippen LogP contribution in [0.3, 0.4) is 0 Å². The number of aromatic nitrogens is 2. The Labute approximate surface area is 148 Å². The molecule has 1 aliphatic rings. The Balaban J connectivity index is 1.64. The zero-order valence-corrected chi connectivity index (χ0v) is 14.7. The molecular formula is C15H17F3N4O3S. The minimum Gasteiger partial charge on any atom is -0.424 e. The van der Waals surface area contributed by atoms with Gasteiger partial charge in [0, 0.05) is 33.1 Å². The molecule has 1 fully saturated rings. The minimum absolute atomic E-state index is 0.147. The summed E-state index contributed by atoms with van der Waals surface area (Å²) in [6, 6.07) is 3.54. The van der Waals surface area contributed by atoms with E-state index in [1.807, 2.05) is 4.90 Å². The predicted molar refractivity (Wildman–Crippen MR) is 84.5 cm³/mol. The van der Waals surface area contributed by atoms with Gasteiger partial charge in [0.15, 0.2) is 0 Å². The van der Waals surface area contributed by atoms with Crippen molar-refractivity contribution in [3.8, 4) is 0 Å². The fourth-order valence-corrected chi connectivity index (χ4v) is 4.11. The lowest BCUT2D eigenvalue weighted by atomic mass is 10.2. The number of hydrogen-bond donors (Lipinski definition) is 0. The average Bonchev–Trinajstić information content (AvgIpc) is 2.99. The van der Waals surface area contributed by atoms with Crippen LogP contribution >= 0.6 is 0 Å². The van der Waals surface area contributed by atoms with Crippen LogP contribution in [-0.2, 0) is 22.7 Å². The molecule has 7 nitrogen and oxygen atoms in total. The predicted octanol–water partition coefficient (Wildman–Crippen LogP) is 1.90. The van der Waals surface area contributed by atoms with Crippen molar-refractivity contribution >= 4 is 10.0 Å². The highest BCUT2D eigenvalue weighted by Gasteiger charge is 2.32. The summed E-state index contributed by atoms with van der Waals surface area (Å²) in [5.74, 6) is 0.921. The zero-order valence-electron chi connectivity index (χ0n) is 13.9. The van der Waals surface area contributed by atoms with Gasteiger partial charge >= 0.3 is 6.18 Å². The summed E-state index contributed by atoms with van der Waals surface area (Å²) in [5, 5.41) is 7.64. The van der Waals surface area contributed by atoms with Crippen molar-refractivity contribution in [1.29, 1.82) is 0 Å². The Kier molecular flexibility index (Phi) is 5.04. The first-order valence-corrected chi connectivity index (χ1v) is 9.29.